The molecule has 5 nitrogen and oxygen atoms in total. The molecular weight excluding hydrogens is 322 g/mol. The fraction of sp³-hybridized carbons (Fsp3) is 0.278. The van der Waals surface area contributed by atoms with E-state index in [0.717, 1.165) is 29.2 Å². The molecule has 3 aromatic rings. The molecule has 0 aliphatic heterocycles. The average Bonchev–Trinajstić information content (AvgIpc) is 3.07. The Morgan fingerprint density at radius 2 is 1.92 bits per heavy atom. The Hall–Kier alpha value is -2.40. The smallest absolute Gasteiger partial charge is 0.181 e. The summed E-state index contributed by atoms with van der Waals surface area (Å²) in [6.07, 6.45) is 0.821. The number of tetrazole rings is 1. The molecular formula is C18H20ClN5. The van der Waals surface area contributed by atoms with E-state index >= 15 is 0 Å². The fourth-order valence-corrected chi connectivity index (χ4v) is 2.74. The van der Waals surface area contributed by atoms with Crippen LogP contribution in [0.4, 0.5) is 5.69 Å². The fourth-order valence-electron chi connectivity index (χ4n) is 2.62. The maximum Gasteiger partial charge on any atom is 0.181 e. The summed E-state index contributed by atoms with van der Waals surface area (Å²) in [6.45, 7) is 6.26. The highest BCUT2D eigenvalue weighted by atomic mass is 35.5. The molecule has 0 aliphatic carbocycles. The first-order valence-corrected chi connectivity index (χ1v) is 8.29. The Balaban J connectivity index is 1.99. The van der Waals surface area contributed by atoms with Gasteiger partial charge in [-0.1, -0.05) is 30.7 Å². The topological polar surface area (TPSA) is 55.6 Å². The van der Waals surface area contributed by atoms with Gasteiger partial charge in [0.05, 0.1) is 11.2 Å². The van der Waals surface area contributed by atoms with Crippen molar-refractivity contribution in [2.75, 3.05) is 5.32 Å². The molecule has 0 unspecified atom stereocenters. The molecule has 0 fully saturated rings. The number of hydrogen-bond donors (Lipinski definition) is 1. The van der Waals surface area contributed by atoms with Crippen LogP contribution in [0.5, 0.6) is 0 Å². The molecule has 1 atom stereocenters. The summed E-state index contributed by atoms with van der Waals surface area (Å²) >= 11 is 5.97. The molecule has 1 N–H and O–H groups in total. The lowest BCUT2D eigenvalue weighted by Crippen LogP contribution is -2.34. The van der Waals surface area contributed by atoms with Crippen LogP contribution in [-0.2, 0) is 5.54 Å². The van der Waals surface area contributed by atoms with Crippen LogP contribution in [0.2, 0.25) is 5.02 Å². The number of nitrogens with one attached hydrogen (secondary N) is 1. The van der Waals surface area contributed by atoms with E-state index in [4.69, 9.17) is 11.6 Å². The first-order valence-electron chi connectivity index (χ1n) is 7.91. The number of hydrogen-bond acceptors (Lipinski definition) is 4. The first-order chi connectivity index (χ1) is 11.5. The third kappa shape index (κ3) is 3.26. The van der Waals surface area contributed by atoms with Crippen LogP contribution in [0.3, 0.4) is 0 Å². The zero-order chi connectivity index (χ0) is 17.2. The lowest BCUT2D eigenvalue weighted by Gasteiger charge is -2.29. The Morgan fingerprint density at radius 1 is 1.17 bits per heavy atom. The van der Waals surface area contributed by atoms with Gasteiger partial charge in [-0.3, -0.25) is 0 Å². The van der Waals surface area contributed by atoms with E-state index in [2.05, 4.69) is 53.7 Å². The predicted molar refractivity (Wildman–Crippen MR) is 96.6 cm³/mol. The van der Waals surface area contributed by atoms with Gasteiger partial charge in [-0.05, 0) is 72.7 Å². The SMILES string of the molecule is CC[C@@](C)(Nc1ccc(Cl)cc1)c1nnnn1-c1cccc(C)c1. The Bertz CT molecular complexity index is 827. The van der Waals surface area contributed by atoms with Gasteiger partial charge in [0.2, 0.25) is 0 Å². The van der Waals surface area contributed by atoms with Crippen molar-refractivity contribution in [2.45, 2.75) is 32.7 Å². The molecule has 124 valence electrons. The highest BCUT2D eigenvalue weighted by Gasteiger charge is 2.31. The van der Waals surface area contributed by atoms with Gasteiger partial charge in [0.15, 0.2) is 5.82 Å². The molecule has 0 bridgehead atoms. The monoisotopic (exact) mass is 341 g/mol. The van der Waals surface area contributed by atoms with Crippen LogP contribution in [0.15, 0.2) is 48.5 Å². The summed E-state index contributed by atoms with van der Waals surface area (Å²) in [6, 6.07) is 15.8. The second-order valence-electron chi connectivity index (χ2n) is 6.07. The van der Waals surface area contributed by atoms with Gasteiger partial charge in [-0.15, -0.1) is 5.10 Å². The summed E-state index contributed by atoms with van der Waals surface area (Å²) in [7, 11) is 0. The molecule has 0 aliphatic rings. The predicted octanol–water partition coefficient (Wildman–Crippen LogP) is 4.36. The van der Waals surface area contributed by atoms with E-state index in [1.807, 2.05) is 36.4 Å². The molecule has 24 heavy (non-hydrogen) atoms. The minimum absolute atomic E-state index is 0.416. The van der Waals surface area contributed by atoms with Crippen molar-refractivity contribution in [3.63, 3.8) is 0 Å². The number of rotatable bonds is 5. The van der Waals surface area contributed by atoms with Gasteiger partial charge in [-0.25, -0.2) is 0 Å². The van der Waals surface area contributed by atoms with Crippen molar-refractivity contribution in [3.05, 3.63) is 64.9 Å². The zero-order valence-corrected chi connectivity index (χ0v) is 14.7. The van der Waals surface area contributed by atoms with Crippen molar-refractivity contribution in [1.29, 1.82) is 0 Å². The van der Waals surface area contributed by atoms with Crippen molar-refractivity contribution in [1.82, 2.24) is 20.2 Å². The summed E-state index contributed by atoms with van der Waals surface area (Å²) < 4.78 is 1.79. The Morgan fingerprint density at radius 3 is 2.58 bits per heavy atom. The molecule has 1 aromatic heterocycles. The van der Waals surface area contributed by atoms with Crippen LogP contribution in [0.1, 0.15) is 31.7 Å². The lowest BCUT2D eigenvalue weighted by atomic mass is 9.97. The minimum Gasteiger partial charge on any atom is -0.373 e. The van der Waals surface area contributed by atoms with Crippen LogP contribution < -0.4 is 5.32 Å². The molecule has 0 saturated carbocycles. The minimum atomic E-state index is -0.416. The molecule has 0 radical (unpaired) electrons. The molecule has 6 heteroatoms. The Labute approximate surface area is 146 Å². The van der Waals surface area contributed by atoms with Gasteiger partial charge in [0, 0.05) is 10.7 Å². The maximum absolute atomic E-state index is 5.97. The van der Waals surface area contributed by atoms with Crippen LogP contribution >= 0.6 is 11.6 Å². The molecule has 1 heterocycles. The summed E-state index contributed by atoms with van der Waals surface area (Å²) in [5.41, 5.74) is 2.68. The quantitative estimate of drug-likeness (QED) is 0.749. The maximum atomic E-state index is 5.97. The van der Waals surface area contributed by atoms with E-state index in [9.17, 15) is 0 Å². The largest absolute Gasteiger partial charge is 0.373 e. The van der Waals surface area contributed by atoms with Gasteiger partial charge in [0.1, 0.15) is 0 Å². The van der Waals surface area contributed by atoms with E-state index in [-0.39, 0.29) is 0 Å². The van der Waals surface area contributed by atoms with Gasteiger partial charge in [-0.2, -0.15) is 4.68 Å². The molecule has 0 saturated heterocycles. The standard InChI is InChI=1S/C18H20ClN5/c1-4-18(3,20-15-10-8-14(19)9-11-15)17-21-22-23-24(17)16-7-5-6-13(2)12-16/h5-12,20H,4H2,1-3H3/t18-/m1/s1. The number of benzene rings is 2. The number of halogens is 1. The second-order valence-corrected chi connectivity index (χ2v) is 6.51. The number of nitrogens with zero attached hydrogens (tertiary/aromatic N) is 4. The van der Waals surface area contributed by atoms with Crippen molar-refractivity contribution < 1.29 is 0 Å². The highest BCUT2D eigenvalue weighted by Crippen LogP contribution is 2.29. The van der Waals surface area contributed by atoms with Crippen molar-refractivity contribution in [2.24, 2.45) is 0 Å². The normalized spacial score (nSPS) is 13.5. The summed E-state index contributed by atoms with van der Waals surface area (Å²) in [5.74, 6) is 0.769. The third-order valence-electron chi connectivity index (χ3n) is 4.18. The van der Waals surface area contributed by atoms with E-state index < -0.39 is 5.54 Å². The third-order valence-corrected chi connectivity index (χ3v) is 4.43. The van der Waals surface area contributed by atoms with Gasteiger partial charge in [0.25, 0.3) is 0 Å². The van der Waals surface area contributed by atoms with Gasteiger partial charge >= 0.3 is 0 Å². The first kappa shape index (κ1) is 16.5. The molecule has 0 spiro atoms. The van der Waals surface area contributed by atoms with Gasteiger partial charge < -0.3 is 5.32 Å². The number of aryl methyl sites for hydroxylation is 1. The summed E-state index contributed by atoms with van der Waals surface area (Å²) in [5, 5.41) is 16.6. The number of anilines is 1. The van der Waals surface area contributed by atoms with E-state index in [0.29, 0.717) is 5.02 Å². The number of aromatic nitrogens is 4. The van der Waals surface area contributed by atoms with Crippen LogP contribution in [0.25, 0.3) is 5.69 Å². The zero-order valence-electron chi connectivity index (χ0n) is 14.0. The Kier molecular flexibility index (Phi) is 4.53. The van der Waals surface area contributed by atoms with Crippen molar-refractivity contribution in [3.8, 4) is 5.69 Å². The molecule has 0 amide bonds. The molecule has 2 aromatic carbocycles. The van der Waals surface area contributed by atoms with Crippen LogP contribution in [0, 0.1) is 6.92 Å². The molecule has 3 rings (SSSR count). The highest BCUT2D eigenvalue weighted by molar-refractivity contribution is 6.30. The van der Waals surface area contributed by atoms with Crippen LogP contribution in [-0.4, -0.2) is 20.2 Å². The van der Waals surface area contributed by atoms with E-state index in [1.165, 1.54) is 0 Å². The van der Waals surface area contributed by atoms with E-state index in [1.54, 1.807) is 4.68 Å². The lowest BCUT2D eigenvalue weighted by molar-refractivity contribution is 0.474. The summed E-state index contributed by atoms with van der Waals surface area (Å²) in [4.78, 5) is 0. The average molecular weight is 342 g/mol. The second kappa shape index (κ2) is 6.61. The van der Waals surface area contributed by atoms with Crippen molar-refractivity contribution >= 4 is 17.3 Å².